The molecule has 5 heteroatoms. The summed E-state index contributed by atoms with van der Waals surface area (Å²) < 4.78 is 16.0. The zero-order valence-electron chi connectivity index (χ0n) is 11.9. The normalized spacial score (nSPS) is 25.8. The first-order valence-electron chi connectivity index (χ1n) is 7.74. The van der Waals surface area contributed by atoms with Crippen molar-refractivity contribution in [2.45, 2.75) is 37.8 Å². The number of halogens is 2. The molecule has 2 saturated heterocycles. The van der Waals surface area contributed by atoms with Crippen LogP contribution >= 0.6 is 11.6 Å². The molecule has 1 aromatic carbocycles. The molecule has 4 rings (SSSR count). The van der Waals surface area contributed by atoms with Gasteiger partial charge in [-0.25, -0.2) is 9.37 Å². The second-order valence-corrected chi connectivity index (χ2v) is 6.45. The summed E-state index contributed by atoms with van der Waals surface area (Å²) in [6, 6.07) is 5.88. The summed E-state index contributed by atoms with van der Waals surface area (Å²) in [5.74, 6) is 1.36. The molecule has 0 aliphatic carbocycles. The van der Waals surface area contributed by atoms with E-state index in [9.17, 15) is 4.39 Å². The Kier molecular flexibility index (Phi) is 3.38. The number of fused-ring (bicyclic) bond motifs is 2. The first kappa shape index (κ1) is 13.5. The molecule has 0 saturated carbocycles. The highest BCUT2D eigenvalue weighted by atomic mass is 35.5. The van der Waals surface area contributed by atoms with Gasteiger partial charge < -0.3 is 4.57 Å². The molecule has 2 aliphatic heterocycles. The second-order valence-electron chi connectivity index (χ2n) is 6.07. The molecular formula is C16H19ClFN3. The Morgan fingerprint density at radius 2 is 2.14 bits per heavy atom. The Labute approximate surface area is 128 Å². The van der Waals surface area contributed by atoms with Crippen molar-refractivity contribution in [1.29, 1.82) is 0 Å². The number of hydrogen-bond donors (Lipinski definition) is 0. The third-order valence-electron chi connectivity index (χ3n) is 4.94. The lowest BCUT2D eigenvalue weighted by molar-refractivity contribution is 0.290. The Balaban J connectivity index is 1.85. The smallest absolute Gasteiger partial charge is 0.125 e. The Morgan fingerprint density at radius 3 is 3.00 bits per heavy atom. The van der Waals surface area contributed by atoms with Crippen LogP contribution in [0.5, 0.6) is 0 Å². The molecule has 2 fully saturated rings. The quantitative estimate of drug-likeness (QED) is 0.811. The highest BCUT2D eigenvalue weighted by Gasteiger charge is 2.39. The van der Waals surface area contributed by atoms with Crippen molar-refractivity contribution < 1.29 is 4.39 Å². The summed E-state index contributed by atoms with van der Waals surface area (Å²) in [5, 5.41) is 0. The molecule has 0 N–H and O–H groups in total. The summed E-state index contributed by atoms with van der Waals surface area (Å²) in [6.45, 7) is 2.34. The van der Waals surface area contributed by atoms with Gasteiger partial charge in [0.2, 0.25) is 0 Å². The molecular weight excluding hydrogens is 289 g/mol. The average molecular weight is 308 g/mol. The van der Waals surface area contributed by atoms with Gasteiger partial charge in [0.25, 0.3) is 0 Å². The molecule has 112 valence electrons. The molecule has 3 heterocycles. The minimum atomic E-state index is -0.192. The van der Waals surface area contributed by atoms with E-state index in [0.29, 0.717) is 18.0 Å². The lowest BCUT2D eigenvalue weighted by atomic mass is 10.1. The standard InChI is InChI=1S/C16H19ClFN3/c17-7-5-16-19-12-4-3-11(18)10-15(12)21(16)14-6-9-20-8-1-2-13(14)20/h3-4,10,13-14H,1-2,5-9H2. The van der Waals surface area contributed by atoms with Crippen molar-refractivity contribution >= 4 is 22.6 Å². The predicted octanol–water partition coefficient (Wildman–Crippen LogP) is 3.37. The molecule has 0 amide bonds. The molecule has 2 unspecified atom stereocenters. The number of nitrogens with zero attached hydrogens (tertiary/aromatic N) is 3. The van der Waals surface area contributed by atoms with Gasteiger partial charge in [-0.2, -0.15) is 0 Å². The maximum absolute atomic E-state index is 13.7. The number of alkyl halides is 1. The molecule has 2 aromatic rings. The van der Waals surface area contributed by atoms with Crippen molar-refractivity contribution in [2.75, 3.05) is 19.0 Å². The number of aryl methyl sites for hydroxylation is 1. The van der Waals surface area contributed by atoms with Crippen molar-refractivity contribution in [3.63, 3.8) is 0 Å². The van der Waals surface area contributed by atoms with Gasteiger partial charge in [0.05, 0.1) is 17.1 Å². The van der Waals surface area contributed by atoms with Crippen LogP contribution in [-0.4, -0.2) is 39.5 Å². The van der Waals surface area contributed by atoms with Crippen LogP contribution in [0.2, 0.25) is 0 Å². The van der Waals surface area contributed by atoms with Gasteiger partial charge in [0.15, 0.2) is 0 Å². The average Bonchev–Trinajstić information content (AvgIpc) is 3.13. The first-order valence-corrected chi connectivity index (χ1v) is 8.28. The van der Waals surface area contributed by atoms with E-state index in [1.807, 2.05) is 0 Å². The van der Waals surface area contributed by atoms with Crippen LogP contribution in [0.4, 0.5) is 4.39 Å². The van der Waals surface area contributed by atoms with Crippen LogP contribution in [-0.2, 0) is 6.42 Å². The van der Waals surface area contributed by atoms with Gasteiger partial charge in [0, 0.05) is 24.9 Å². The fourth-order valence-electron chi connectivity index (χ4n) is 4.10. The number of benzene rings is 1. The minimum Gasteiger partial charge on any atom is -0.323 e. The molecule has 3 nitrogen and oxygen atoms in total. The van der Waals surface area contributed by atoms with Crippen LogP contribution in [0.3, 0.4) is 0 Å². The minimum absolute atomic E-state index is 0.192. The monoisotopic (exact) mass is 307 g/mol. The van der Waals surface area contributed by atoms with E-state index in [4.69, 9.17) is 16.6 Å². The zero-order chi connectivity index (χ0) is 14.4. The van der Waals surface area contributed by atoms with Gasteiger partial charge in [0.1, 0.15) is 11.6 Å². The largest absolute Gasteiger partial charge is 0.323 e. The number of aromatic nitrogens is 2. The molecule has 0 bridgehead atoms. The highest BCUT2D eigenvalue weighted by Crippen LogP contribution is 2.38. The fraction of sp³-hybridized carbons (Fsp3) is 0.562. The summed E-state index contributed by atoms with van der Waals surface area (Å²) in [4.78, 5) is 7.27. The topological polar surface area (TPSA) is 21.1 Å². The summed E-state index contributed by atoms with van der Waals surface area (Å²) in [6.07, 6.45) is 4.37. The van der Waals surface area contributed by atoms with Crippen LogP contribution in [0.15, 0.2) is 18.2 Å². The van der Waals surface area contributed by atoms with Crippen molar-refractivity contribution in [3.8, 4) is 0 Å². The molecule has 2 aliphatic rings. The number of rotatable bonds is 3. The summed E-state index contributed by atoms with van der Waals surface area (Å²) in [7, 11) is 0. The summed E-state index contributed by atoms with van der Waals surface area (Å²) in [5.41, 5.74) is 1.81. The van der Waals surface area contributed by atoms with E-state index in [-0.39, 0.29) is 5.82 Å². The zero-order valence-corrected chi connectivity index (χ0v) is 12.7. The van der Waals surface area contributed by atoms with Crippen molar-refractivity contribution in [1.82, 2.24) is 14.5 Å². The van der Waals surface area contributed by atoms with Crippen molar-refractivity contribution in [3.05, 3.63) is 29.8 Å². The Morgan fingerprint density at radius 1 is 1.24 bits per heavy atom. The molecule has 2 atom stereocenters. The highest BCUT2D eigenvalue weighted by molar-refractivity contribution is 6.17. The SMILES string of the molecule is Fc1ccc2nc(CCCl)n(C3CCN4CCCC34)c2c1. The van der Waals surface area contributed by atoms with Crippen LogP contribution in [0.25, 0.3) is 11.0 Å². The van der Waals surface area contributed by atoms with E-state index >= 15 is 0 Å². The number of imidazole rings is 1. The van der Waals surface area contributed by atoms with Crippen LogP contribution in [0.1, 0.15) is 31.1 Å². The molecule has 1 aromatic heterocycles. The van der Waals surface area contributed by atoms with Crippen LogP contribution in [0, 0.1) is 5.82 Å². The molecule has 21 heavy (non-hydrogen) atoms. The van der Waals surface area contributed by atoms with Gasteiger partial charge >= 0.3 is 0 Å². The fourth-order valence-corrected chi connectivity index (χ4v) is 4.27. The Hall–Kier alpha value is -1.13. The maximum Gasteiger partial charge on any atom is 0.125 e. The van der Waals surface area contributed by atoms with E-state index in [1.165, 1.54) is 25.5 Å². The second kappa shape index (κ2) is 5.25. The van der Waals surface area contributed by atoms with Gasteiger partial charge in [-0.15, -0.1) is 11.6 Å². The first-order chi connectivity index (χ1) is 10.3. The van der Waals surface area contributed by atoms with Gasteiger partial charge in [-0.3, -0.25) is 4.90 Å². The third-order valence-corrected chi connectivity index (χ3v) is 5.13. The van der Waals surface area contributed by atoms with E-state index in [2.05, 4.69) is 9.47 Å². The third kappa shape index (κ3) is 2.16. The summed E-state index contributed by atoms with van der Waals surface area (Å²) >= 11 is 5.95. The molecule has 0 radical (unpaired) electrons. The number of hydrogen-bond acceptors (Lipinski definition) is 2. The van der Waals surface area contributed by atoms with Gasteiger partial charge in [-0.1, -0.05) is 0 Å². The van der Waals surface area contributed by atoms with E-state index < -0.39 is 0 Å². The van der Waals surface area contributed by atoms with E-state index in [1.54, 1.807) is 12.1 Å². The lowest BCUT2D eigenvalue weighted by Gasteiger charge is -2.24. The van der Waals surface area contributed by atoms with Crippen LogP contribution < -0.4 is 0 Å². The van der Waals surface area contributed by atoms with E-state index in [0.717, 1.165) is 36.2 Å². The predicted molar refractivity (Wildman–Crippen MR) is 82.4 cm³/mol. The maximum atomic E-state index is 13.7. The lowest BCUT2D eigenvalue weighted by Crippen LogP contribution is -2.28. The van der Waals surface area contributed by atoms with Gasteiger partial charge in [-0.05, 0) is 44.0 Å². The van der Waals surface area contributed by atoms with Crippen molar-refractivity contribution in [2.24, 2.45) is 0 Å². The molecule has 0 spiro atoms. The Bertz CT molecular complexity index is 669.